The molecule has 1 aromatic heterocycles. The molecule has 0 fully saturated rings. The Hall–Kier alpha value is -1.87. The number of ether oxygens (including phenoxy) is 1. The highest BCUT2D eigenvalue weighted by Gasteiger charge is 2.14. The number of carbonyl (C=O) groups excluding carboxylic acids is 1. The zero-order valence-electron chi connectivity index (χ0n) is 12.3. The molecule has 0 saturated carbocycles. The third-order valence-electron chi connectivity index (χ3n) is 3.53. The summed E-state index contributed by atoms with van der Waals surface area (Å²) in [6.45, 7) is 7.58. The number of hydrogen-bond acceptors (Lipinski definition) is 2. The lowest BCUT2D eigenvalue weighted by Gasteiger charge is -2.06. The fourth-order valence-electron chi connectivity index (χ4n) is 2.48. The van der Waals surface area contributed by atoms with Crippen molar-refractivity contribution in [3.05, 3.63) is 58.9 Å². The summed E-state index contributed by atoms with van der Waals surface area (Å²) in [5.74, 6) is 0.0498. The van der Waals surface area contributed by atoms with Crippen LogP contribution in [0.15, 0.2) is 36.4 Å². The van der Waals surface area contributed by atoms with Gasteiger partial charge in [-0.15, -0.1) is 0 Å². The van der Waals surface area contributed by atoms with Gasteiger partial charge < -0.3 is 9.30 Å². The molecule has 0 spiro atoms. The maximum atomic E-state index is 12.2. The lowest BCUT2D eigenvalue weighted by Crippen LogP contribution is -2.10. The molecular formula is C17H21NO2. The van der Waals surface area contributed by atoms with E-state index < -0.39 is 0 Å². The predicted octanol–water partition coefficient (Wildman–Crippen LogP) is 3.52. The van der Waals surface area contributed by atoms with E-state index in [1.165, 1.54) is 0 Å². The van der Waals surface area contributed by atoms with E-state index in [9.17, 15) is 4.79 Å². The second-order valence-electron chi connectivity index (χ2n) is 4.93. The zero-order chi connectivity index (χ0) is 14.5. The first kappa shape index (κ1) is 14.5. The molecule has 106 valence electrons. The van der Waals surface area contributed by atoms with Gasteiger partial charge in [0.1, 0.15) is 6.61 Å². The monoisotopic (exact) mass is 271 g/mol. The first-order valence-corrected chi connectivity index (χ1v) is 6.95. The van der Waals surface area contributed by atoms with Crippen molar-refractivity contribution in [2.75, 3.05) is 6.61 Å². The summed E-state index contributed by atoms with van der Waals surface area (Å²) in [6, 6.07) is 11.8. The summed E-state index contributed by atoms with van der Waals surface area (Å²) in [5.41, 5.74) is 4.01. The van der Waals surface area contributed by atoms with Crippen LogP contribution in [0, 0.1) is 13.8 Å². The number of benzene rings is 1. The van der Waals surface area contributed by atoms with Crippen LogP contribution in [0.2, 0.25) is 0 Å². The summed E-state index contributed by atoms with van der Waals surface area (Å²) in [7, 11) is 0. The molecule has 20 heavy (non-hydrogen) atoms. The van der Waals surface area contributed by atoms with E-state index in [0.717, 1.165) is 29.1 Å². The minimum atomic E-state index is 0.0498. The van der Waals surface area contributed by atoms with Crippen LogP contribution in [0.25, 0.3) is 0 Å². The molecule has 2 rings (SSSR count). The molecule has 3 nitrogen and oxygen atoms in total. The quantitative estimate of drug-likeness (QED) is 0.753. The van der Waals surface area contributed by atoms with Crippen molar-refractivity contribution in [2.45, 2.75) is 33.9 Å². The van der Waals surface area contributed by atoms with Crippen molar-refractivity contribution >= 4 is 5.78 Å². The smallest absolute Gasteiger partial charge is 0.190 e. The Kier molecular flexibility index (Phi) is 4.74. The molecule has 0 saturated heterocycles. The SMILES string of the molecule is CCn1c(C)cc(C(=O)COCc2ccccc2)c1C. The molecule has 0 aliphatic rings. The van der Waals surface area contributed by atoms with Crippen molar-refractivity contribution in [1.29, 1.82) is 0 Å². The highest BCUT2D eigenvalue weighted by Crippen LogP contribution is 2.16. The minimum Gasteiger partial charge on any atom is -0.369 e. The van der Waals surface area contributed by atoms with Crippen LogP contribution in [-0.2, 0) is 17.9 Å². The fourth-order valence-corrected chi connectivity index (χ4v) is 2.48. The molecule has 0 N–H and O–H groups in total. The number of carbonyl (C=O) groups is 1. The fraction of sp³-hybridized carbons (Fsp3) is 0.353. The lowest BCUT2D eigenvalue weighted by atomic mass is 10.1. The Labute approximate surface area is 120 Å². The molecule has 0 atom stereocenters. The number of Topliss-reactive ketones (excluding diaryl/α,β-unsaturated/α-hetero) is 1. The van der Waals surface area contributed by atoms with Crippen molar-refractivity contribution in [1.82, 2.24) is 4.57 Å². The number of aromatic nitrogens is 1. The second-order valence-corrected chi connectivity index (χ2v) is 4.93. The first-order chi connectivity index (χ1) is 9.63. The topological polar surface area (TPSA) is 31.2 Å². The highest BCUT2D eigenvalue weighted by molar-refractivity contribution is 5.98. The van der Waals surface area contributed by atoms with E-state index in [-0.39, 0.29) is 12.4 Å². The summed E-state index contributed by atoms with van der Waals surface area (Å²) in [5, 5.41) is 0. The third kappa shape index (κ3) is 3.17. The molecule has 3 heteroatoms. The van der Waals surface area contributed by atoms with Crippen LogP contribution < -0.4 is 0 Å². The number of ketones is 1. The van der Waals surface area contributed by atoms with Gasteiger partial charge in [-0.1, -0.05) is 30.3 Å². The van der Waals surface area contributed by atoms with E-state index >= 15 is 0 Å². The predicted molar refractivity (Wildman–Crippen MR) is 80.0 cm³/mol. The normalized spacial score (nSPS) is 10.8. The van der Waals surface area contributed by atoms with Crippen molar-refractivity contribution in [3.63, 3.8) is 0 Å². The van der Waals surface area contributed by atoms with Gasteiger partial charge in [0.15, 0.2) is 5.78 Å². The molecule has 2 aromatic rings. The molecule has 0 unspecified atom stereocenters. The minimum absolute atomic E-state index is 0.0498. The summed E-state index contributed by atoms with van der Waals surface area (Å²) < 4.78 is 7.66. The van der Waals surface area contributed by atoms with Gasteiger partial charge in [0.05, 0.1) is 6.61 Å². The van der Waals surface area contributed by atoms with Crippen molar-refractivity contribution in [3.8, 4) is 0 Å². The standard InChI is InChI=1S/C17H21NO2/c1-4-18-13(2)10-16(14(18)3)17(19)12-20-11-15-8-6-5-7-9-15/h5-10H,4,11-12H2,1-3H3. The average molecular weight is 271 g/mol. The number of rotatable bonds is 6. The van der Waals surface area contributed by atoms with Crippen LogP contribution in [0.5, 0.6) is 0 Å². The van der Waals surface area contributed by atoms with Gasteiger partial charge in [0.25, 0.3) is 0 Å². The Morgan fingerprint density at radius 1 is 1.20 bits per heavy atom. The lowest BCUT2D eigenvalue weighted by molar-refractivity contribution is 0.0726. The number of aryl methyl sites for hydroxylation is 1. The molecule has 1 heterocycles. The van der Waals surface area contributed by atoms with E-state index in [1.54, 1.807) is 0 Å². The van der Waals surface area contributed by atoms with Gasteiger partial charge >= 0.3 is 0 Å². The van der Waals surface area contributed by atoms with Crippen LogP contribution in [0.4, 0.5) is 0 Å². The molecule has 0 bridgehead atoms. The van der Waals surface area contributed by atoms with Crippen LogP contribution in [-0.4, -0.2) is 17.0 Å². The summed E-state index contributed by atoms with van der Waals surface area (Å²) >= 11 is 0. The Morgan fingerprint density at radius 3 is 2.50 bits per heavy atom. The number of nitrogens with zero attached hydrogens (tertiary/aromatic N) is 1. The van der Waals surface area contributed by atoms with E-state index in [1.807, 2.05) is 50.2 Å². The molecule has 0 amide bonds. The molecule has 0 aliphatic heterocycles. The second kappa shape index (κ2) is 6.53. The van der Waals surface area contributed by atoms with Gasteiger partial charge in [0, 0.05) is 23.5 Å². The molecular weight excluding hydrogens is 250 g/mol. The zero-order valence-corrected chi connectivity index (χ0v) is 12.3. The molecule has 0 radical (unpaired) electrons. The van der Waals surface area contributed by atoms with Crippen LogP contribution in [0.3, 0.4) is 0 Å². The van der Waals surface area contributed by atoms with Crippen molar-refractivity contribution in [2.24, 2.45) is 0 Å². The molecule has 0 aliphatic carbocycles. The van der Waals surface area contributed by atoms with Gasteiger partial charge in [-0.3, -0.25) is 4.79 Å². The van der Waals surface area contributed by atoms with Crippen LogP contribution in [0.1, 0.15) is 34.2 Å². The van der Waals surface area contributed by atoms with Crippen molar-refractivity contribution < 1.29 is 9.53 Å². The van der Waals surface area contributed by atoms with E-state index in [2.05, 4.69) is 11.5 Å². The summed E-state index contributed by atoms with van der Waals surface area (Å²) in [6.07, 6.45) is 0. The van der Waals surface area contributed by atoms with E-state index in [0.29, 0.717) is 6.61 Å². The Balaban J connectivity index is 1.96. The first-order valence-electron chi connectivity index (χ1n) is 6.95. The Morgan fingerprint density at radius 2 is 1.90 bits per heavy atom. The van der Waals surface area contributed by atoms with Gasteiger partial charge in [0.2, 0.25) is 0 Å². The average Bonchev–Trinajstić information content (AvgIpc) is 2.74. The highest BCUT2D eigenvalue weighted by atomic mass is 16.5. The van der Waals surface area contributed by atoms with E-state index in [4.69, 9.17) is 4.74 Å². The van der Waals surface area contributed by atoms with Crippen LogP contribution >= 0.6 is 0 Å². The van der Waals surface area contributed by atoms with Gasteiger partial charge in [-0.05, 0) is 32.4 Å². The number of hydrogen-bond donors (Lipinski definition) is 0. The molecule has 1 aromatic carbocycles. The Bertz CT molecular complexity index is 585. The maximum absolute atomic E-state index is 12.2. The summed E-state index contributed by atoms with van der Waals surface area (Å²) in [4.78, 5) is 12.2. The third-order valence-corrected chi connectivity index (χ3v) is 3.53. The largest absolute Gasteiger partial charge is 0.369 e. The van der Waals surface area contributed by atoms with Gasteiger partial charge in [-0.2, -0.15) is 0 Å². The van der Waals surface area contributed by atoms with Gasteiger partial charge in [-0.25, -0.2) is 0 Å². The maximum Gasteiger partial charge on any atom is 0.190 e.